The van der Waals surface area contributed by atoms with Gasteiger partial charge in [-0.3, -0.25) is 4.55 Å². The Kier molecular flexibility index (Phi) is 9.06. The second kappa shape index (κ2) is 12.3. The van der Waals surface area contributed by atoms with Crippen LogP contribution in [0.3, 0.4) is 0 Å². The molecule has 0 saturated carbocycles. The van der Waals surface area contributed by atoms with E-state index in [-0.39, 0.29) is 55.2 Å². The molecule has 0 unspecified atom stereocenters. The Hall–Kier alpha value is -4.45. The van der Waals surface area contributed by atoms with Gasteiger partial charge in [-0.1, -0.05) is 13.8 Å². The van der Waals surface area contributed by atoms with Crippen molar-refractivity contribution in [2.45, 2.75) is 28.5 Å². The standard InChI is InChI=1S/C27H27N5O9S3/c1-4-42(35,36)16-6-12-24(33)22(14-16)30-29-21-11-8-18-19(27(21)34)9-10-20(28-3)26(18)32-31-23-15-17(43(37,38)5-2)7-13-25(23)44(39,40)41/h6-15,28,33-34H,4-5H2,1-3H3,(H,39,40,41). The highest BCUT2D eigenvalue weighted by Crippen LogP contribution is 2.43. The maximum atomic E-state index is 12.4. The molecule has 4 aromatic rings. The van der Waals surface area contributed by atoms with Gasteiger partial charge in [0.25, 0.3) is 10.1 Å². The summed E-state index contributed by atoms with van der Waals surface area (Å²) in [5, 5.41) is 40.6. The van der Waals surface area contributed by atoms with Crippen molar-refractivity contribution in [1.82, 2.24) is 0 Å². The van der Waals surface area contributed by atoms with Crippen molar-refractivity contribution in [3.05, 3.63) is 60.7 Å². The van der Waals surface area contributed by atoms with E-state index in [1.54, 1.807) is 19.2 Å². The Labute approximate surface area is 253 Å². The topological polar surface area (TPSA) is 225 Å². The predicted octanol–water partition coefficient (Wildman–Crippen LogP) is 5.96. The highest BCUT2D eigenvalue weighted by molar-refractivity contribution is 7.91. The number of nitrogens with one attached hydrogen (secondary N) is 1. The van der Waals surface area contributed by atoms with Crippen LogP contribution in [0.4, 0.5) is 28.4 Å². The molecule has 0 heterocycles. The minimum Gasteiger partial charge on any atom is -0.506 e. The zero-order chi connectivity index (χ0) is 32.4. The first-order chi connectivity index (χ1) is 20.6. The molecule has 17 heteroatoms. The van der Waals surface area contributed by atoms with Crippen LogP contribution in [0.5, 0.6) is 11.5 Å². The fourth-order valence-corrected chi connectivity index (χ4v) is 6.47. The fraction of sp³-hybridized carbons (Fsp3) is 0.185. The lowest BCUT2D eigenvalue weighted by Crippen LogP contribution is -2.05. The summed E-state index contributed by atoms with van der Waals surface area (Å²) < 4.78 is 82.9. The van der Waals surface area contributed by atoms with Gasteiger partial charge in [-0.2, -0.15) is 8.42 Å². The number of phenolic OH excluding ortho intramolecular Hbond substituents is 2. The molecule has 0 amide bonds. The lowest BCUT2D eigenvalue weighted by atomic mass is 10.1. The van der Waals surface area contributed by atoms with Gasteiger partial charge in [0.1, 0.15) is 33.4 Å². The first kappa shape index (κ1) is 32.5. The zero-order valence-corrected chi connectivity index (χ0v) is 25.9. The first-order valence-corrected chi connectivity index (χ1v) is 17.6. The second-order valence-electron chi connectivity index (χ2n) is 9.20. The van der Waals surface area contributed by atoms with Gasteiger partial charge in [0.2, 0.25) is 0 Å². The van der Waals surface area contributed by atoms with E-state index < -0.39 is 40.4 Å². The van der Waals surface area contributed by atoms with Gasteiger partial charge >= 0.3 is 0 Å². The summed E-state index contributed by atoms with van der Waals surface area (Å²) in [7, 11) is -10.5. The third-order valence-electron chi connectivity index (χ3n) is 6.55. The molecule has 232 valence electrons. The summed E-state index contributed by atoms with van der Waals surface area (Å²) in [6, 6.07) is 12.5. The normalized spacial score (nSPS) is 12.8. The van der Waals surface area contributed by atoms with Crippen molar-refractivity contribution in [2.24, 2.45) is 20.5 Å². The minimum atomic E-state index is -4.80. The van der Waals surface area contributed by atoms with Crippen molar-refractivity contribution >= 4 is 69.0 Å². The summed E-state index contributed by atoms with van der Waals surface area (Å²) in [6.45, 7) is 2.89. The predicted molar refractivity (Wildman–Crippen MR) is 163 cm³/mol. The van der Waals surface area contributed by atoms with Gasteiger partial charge in [-0.25, -0.2) is 16.8 Å². The minimum absolute atomic E-state index is 0.0353. The fourth-order valence-electron chi connectivity index (χ4n) is 4.06. The molecule has 0 radical (unpaired) electrons. The molecule has 0 fully saturated rings. The molecular formula is C27H27N5O9S3. The van der Waals surface area contributed by atoms with Crippen LogP contribution in [0, 0.1) is 0 Å². The van der Waals surface area contributed by atoms with Gasteiger partial charge in [0.05, 0.1) is 27.0 Å². The molecule has 0 saturated heterocycles. The van der Waals surface area contributed by atoms with Crippen molar-refractivity contribution < 1.29 is 40.0 Å². The second-order valence-corrected chi connectivity index (χ2v) is 15.1. The third kappa shape index (κ3) is 6.54. The lowest BCUT2D eigenvalue weighted by molar-refractivity contribution is 0.475. The summed E-state index contributed by atoms with van der Waals surface area (Å²) in [5.41, 5.74) is -0.0701. The van der Waals surface area contributed by atoms with Crippen molar-refractivity contribution in [3.8, 4) is 11.5 Å². The highest BCUT2D eigenvalue weighted by atomic mass is 32.2. The van der Waals surface area contributed by atoms with E-state index in [0.29, 0.717) is 11.1 Å². The molecule has 0 aliphatic heterocycles. The van der Waals surface area contributed by atoms with Gasteiger partial charge in [-0.15, -0.1) is 20.5 Å². The van der Waals surface area contributed by atoms with Crippen LogP contribution >= 0.6 is 0 Å². The third-order valence-corrected chi connectivity index (χ3v) is 10.9. The average Bonchev–Trinajstić information content (AvgIpc) is 2.99. The smallest absolute Gasteiger partial charge is 0.296 e. The number of sulfone groups is 2. The quantitative estimate of drug-likeness (QED) is 0.115. The van der Waals surface area contributed by atoms with Crippen LogP contribution in [-0.4, -0.2) is 58.6 Å². The van der Waals surface area contributed by atoms with Gasteiger partial charge in [0.15, 0.2) is 25.4 Å². The van der Waals surface area contributed by atoms with E-state index in [1.807, 2.05) is 0 Å². The number of benzene rings is 4. The monoisotopic (exact) mass is 661 g/mol. The van der Waals surface area contributed by atoms with Gasteiger partial charge in [-0.05, 0) is 60.7 Å². The summed E-state index contributed by atoms with van der Waals surface area (Å²) >= 11 is 0. The number of hydrogen-bond donors (Lipinski definition) is 4. The van der Waals surface area contributed by atoms with Crippen molar-refractivity contribution in [3.63, 3.8) is 0 Å². The summed E-state index contributed by atoms with van der Waals surface area (Å²) in [5.74, 6) is -1.10. The Morgan fingerprint density at radius 3 is 1.80 bits per heavy atom. The van der Waals surface area contributed by atoms with E-state index in [2.05, 4.69) is 25.8 Å². The number of phenols is 2. The SMILES string of the molecule is CCS(=O)(=O)c1ccc(O)c(N=Nc2ccc3c(N=Nc4cc(S(=O)(=O)CC)ccc4S(=O)(=O)O)c(NC)ccc3c2O)c1. The Bertz CT molecular complexity index is 2160. The molecule has 0 aliphatic carbocycles. The van der Waals surface area contributed by atoms with Crippen LogP contribution in [0.2, 0.25) is 0 Å². The molecule has 0 aromatic heterocycles. The van der Waals surface area contributed by atoms with E-state index in [4.69, 9.17) is 0 Å². The molecule has 0 atom stereocenters. The van der Waals surface area contributed by atoms with Crippen molar-refractivity contribution in [2.75, 3.05) is 23.9 Å². The summed E-state index contributed by atoms with van der Waals surface area (Å²) in [6.07, 6.45) is 0. The largest absolute Gasteiger partial charge is 0.506 e. The number of nitrogens with zero attached hydrogens (tertiary/aromatic N) is 4. The Balaban J connectivity index is 1.83. The molecule has 14 nitrogen and oxygen atoms in total. The van der Waals surface area contributed by atoms with Crippen molar-refractivity contribution in [1.29, 1.82) is 0 Å². The van der Waals surface area contributed by atoms with Gasteiger partial charge in [0, 0.05) is 17.8 Å². The van der Waals surface area contributed by atoms with Crippen LogP contribution in [0.15, 0.2) is 95.8 Å². The summed E-state index contributed by atoms with van der Waals surface area (Å²) in [4.78, 5) is -0.934. The highest BCUT2D eigenvalue weighted by Gasteiger charge is 2.21. The molecule has 0 bridgehead atoms. The van der Waals surface area contributed by atoms with Gasteiger partial charge < -0.3 is 15.5 Å². The molecule has 0 aliphatic rings. The molecule has 44 heavy (non-hydrogen) atoms. The molecule has 0 spiro atoms. The van der Waals surface area contributed by atoms with E-state index >= 15 is 0 Å². The number of aromatic hydroxyl groups is 2. The zero-order valence-electron chi connectivity index (χ0n) is 23.5. The van der Waals surface area contributed by atoms with Crippen LogP contribution in [-0.2, 0) is 29.8 Å². The van der Waals surface area contributed by atoms with Crippen LogP contribution < -0.4 is 5.32 Å². The van der Waals surface area contributed by atoms with E-state index in [0.717, 1.165) is 24.3 Å². The number of azo groups is 2. The Morgan fingerprint density at radius 2 is 1.20 bits per heavy atom. The molecule has 4 aromatic carbocycles. The maximum absolute atomic E-state index is 12.4. The number of fused-ring (bicyclic) bond motifs is 1. The van der Waals surface area contributed by atoms with E-state index in [1.165, 1.54) is 38.1 Å². The van der Waals surface area contributed by atoms with E-state index in [9.17, 15) is 40.0 Å². The average molecular weight is 662 g/mol. The molecule has 4 N–H and O–H groups in total. The number of rotatable bonds is 10. The number of hydrogen-bond acceptors (Lipinski definition) is 13. The first-order valence-electron chi connectivity index (χ1n) is 12.8. The van der Waals surface area contributed by atoms with Crippen LogP contribution in [0.1, 0.15) is 13.8 Å². The molecule has 4 rings (SSSR count). The van der Waals surface area contributed by atoms with Crippen LogP contribution in [0.25, 0.3) is 10.8 Å². The maximum Gasteiger partial charge on any atom is 0.296 e. The lowest BCUT2D eigenvalue weighted by Gasteiger charge is -2.11. The Morgan fingerprint density at radius 1 is 0.659 bits per heavy atom. The molecular weight excluding hydrogens is 635 g/mol. The number of anilines is 1.